The third kappa shape index (κ3) is 17.2. The number of nitrogens with one attached hydrogen (secondary N) is 2. The maximum Gasteiger partial charge on any atom is 0.407 e. The van der Waals surface area contributed by atoms with Crippen LogP contribution >= 0.6 is 47.0 Å². The van der Waals surface area contributed by atoms with Crippen LogP contribution in [-0.4, -0.2) is 90.2 Å². The van der Waals surface area contributed by atoms with Crippen molar-refractivity contribution in [3.63, 3.8) is 0 Å². The molecule has 582 valence electrons. The molecule has 0 aromatic heterocycles. The molecular formula is C104H91N3O6S4. The molecule has 0 heterocycles. The average molecular weight is 1610 g/mol. The quantitative estimate of drug-likeness (QED) is 0.0299. The number of nitrogens with zero attached hydrogens (tertiary/aromatic N) is 1. The van der Waals surface area contributed by atoms with Gasteiger partial charge in [-0.15, -0.1) is 47.0 Å². The number of alkyl carbamates (subject to hydrolysis) is 1. The Morgan fingerprint density at radius 2 is 0.581 bits per heavy atom. The molecule has 1 unspecified atom stereocenters. The normalized spacial score (nSPS) is 12.9. The van der Waals surface area contributed by atoms with Crippen molar-refractivity contribution in [2.24, 2.45) is 0 Å². The van der Waals surface area contributed by atoms with Crippen molar-refractivity contribution < 1.29 is 28.7 Å². The topological polar surface area (TPSA) is 114 Å². The minimum absolute atomic E-state index is 0.0262. The number of esters is 1. The van der Waals surface area contributed by atoms with E-state index in [9.17, 15) is 0 Å². The van der Waals surface area contributed by atoms with E-state index in [4.69, 9.17) is 9.47 Å². The molecule has 3 atom stereocenters. The molecule has 15 rings (SSSR count). The third-order valence-corrected chi connectivity index (χ3v) is 28.5. The van der Waals surface area contributed by atoms with Crippen LogP contribution in [0.1, 0.15) is 90.2 Å². The zero-order valence-corrected chi connectivity index (χ0v) is 68.3. The van der Waals surface area contributed by atoms with Crippen molar-refractivity contribution in [2.75, 3.05) is 43.3 Å². The zero-order chi connectivity index (χ0) is 80.1. The molecule has 0 bridgehead atoms. The van der Waals surface area contributed by atoms with Gasteiger partial charge < -0.3 is 25.0 Å². The van der Waals surface area contributed by atoms with Crippen LogP contribution < -0.4 is 10.6 Å². The van der Waals surface area contributed by atoms with Gasteiger partial charge in [-0.25, -0.2) is 9.59 Å². The largest absolute Gasteiger partial charge is 0.467 e. The van der Waals surface area contributed by atoms with Gasteiger partial charge >= 0.3 is 12.1 Å². The van der Waals surface area contributed by atoms with Crippen LogP contribution in [0.5, 0.6) is 0 Å². The molecule has 13 heteroatoms. The smallest absolute Gasteiger partial charge is 0.407 e. The molecular weight excluding hydrogens is 1520 g/mol. The Bertz CT molecular complexity index is 5090. The van der Waals surface area contributed by atoms with E-state index < -0.39 is 61.0 Å². The van der Waals surface area contributed by atoms with E-state index in [2.05, 4.69) is 253 Å². The summed E-state index contributed by atoms with van der Waals surface area (Å²) in [5, 5.41) is 6.64. The number of rotatable bonds is 34. The fourth-order valence-electron chi connectivity index (χ4n) is 16.7. The van der Waals surface area contributed by atoms with Crippen LogP contribution in [0, 0.1) is 0 Å². The maximum atomic E-state index is 18.0. The third-order valence-electron chi connectivity index (χ3n) is 22.2. The maximum absolute atomic E-state index is 18.0. The molecule has 1 aliphatic carbocycles. The fourth-order valence-corrected chi connectivity index (χ4v) is 22.8. The Balaban J connectivity index is 0.904. The van der Waals surface area contributed by atoms with Crippen LogP contribution in [-0.2, 0) is 42.8 Å². The molecule has 0 saturated heterocycles. The van der Waals surface area contributed by atoms with Crippen LogP contribution in [0.2, 0.25) is 0 Å². The lowest BCUT2D eigenvalue weighted by Gasteiger charge is -2.40. The van der Waals surface area contributed by atoms with Crippen LogP contribution in [0.25, 0.3) is 11.1 Å². The summed E-state index contributed by atoms with van der Waals surface area (Å²) in [5.74, 6) is -1.56. The zero-order valence-electron chi connectivity index (χ0n) is 65.0. The SMILES string of the molecule is COC(=O)[C@H](CSC(c1ccccc1)(c1ccccc1)c1ccccc1)NC(=O)C(CCSC(c1ccccc1)(c1ccccc1)c1ccccc1)N(CCSC(c1ccccc1)(c1ccccc1)c1ccccc1)C(=O)[C@H](CSC(c1ccccc1)(c1ccccc1)c1ccccc1)NC(=O)OCC1c2ccccc2-c2ccccc21. The first-order valence-electron chi connectivity index (χ1n) is 39.7. The molecule has 0 radical (unpaired) electrons. The minimum atomic E-state index is -1.39. The van der Waals surface area contributed by atoms with Gasteiger partial charge in [0, 0.05) is 29.7 Å². The summed E-state index contributed by atoms with van der Waals surface area (Å²) < 4.78 is 8.74. The number of ether oxygens (including phenoxy) is 2. The molecule has 14 aromatic rings. The van der Waals surface area contributed by atoms with E-state index in [0.717, 1.165) is 89.0 Å². The highest BCUT2D eigenvalue weighted by molar-refractivity contribution is 8.01. The lowest BCUT2D eigenvalue weighted by molar-refractivity contribution is -0.146. The Morgan fingerprint density at radius 1 is 0.325 bits per heavy atom. The van der Waals surface area contributed by atoms with Gasteiger partial charge in [0.25, 0.3) is 0 Å². The fraction of sp³-hybridized carbons (Fsp3) is 0.154. The van der Waals surface area contributed by atoms with E-state index in [1.165, 1.54) is 30.6 Å². The first kappa shape index (κ1) is 80.4. The Labute approximate surface area is 704 Å². The summed E-state index contributed by atoms with van der Waals surface area (Å²) in [6.07, 6.45) is -0.749. The number of carbonyl (C=O) groups is 4. The molecule has 14 aromatic carbocycles. The first-order valence-corrected chi connectivity index (χ1v) is 43.6. The van der Waals surface area contributed by atoms with Gasteiger partial charge in [0.05, 0.1) is 26.1 Å². The second-order valence-electron chi connectivity index (χ2n) is 28.9. The summed E-state index contributed by atoms with van der Waals surface area (Å²) in [6.45, 7) is -0.0642. The minimum Gasteiger partial charge on any atom is -0.467 e. The predicted octanol–water partition coefficient (Wildman–Crippen LogP) is 22.0. The van der Waals surface area contributed by atoms with Gasteiger partial charge in [0.2, 0.25) is 11.8 Å². The Hall–Kier alpha value is -11.8. The molecule has 1 aliphatic rings. The number of hydrogen-bond donors (Lipinski definition) is 2. The lowest BCUT2D eigenvalue weighted by atomic mass is 9.84. The van der Waals surface area contributed by atoms with Crippen molar-refractivity contribution >= 4 is 70.9 Å². The number of fused-ring (bicyclic) bond motifs is 3. The number of methoxy groups -OCH3 is 1. The van der Waals surface area contributed by atoms with Crippen LogP contribution in [0.3, 0.4) is 0 Å². The van der Waals surface area contributed by atoms with Crippen LogP contribution in [0.15, 0.2) is 413 Å². The van der Waals surface area contributed by atoms with Crippen molar-refractivity contribution in [1.82, 2.24) is 15.5 Å². The second kappa shape index (κ2) is 38.3. The number of benzene rings is 14. The van der Waals surface area contributed by atoms with E-state index in [-0.39, 0.29) is 48.5 Å². The number of hydrogen-bond acceptors (Lipinski definition) is 10. The summed E-state index contributed by atoms with van der Waals surface area (Å²) in [6, 6.07) is 137. The Morgan fingerprint density at radius 3 is 0.872 bits per heavy atom. The van der Waals surface area contributed by atoms with Crippen molar-refractivity contribution in [2.45, 2.75) is 49.5 Å². The van der Waals surface area contributed by atoms with Crippen LogP contribution in [0.4, 0.5) is 4.79 Å². The monoisotopic (exact) mass is 1610 g/mol. The summed E-state index contributed by atoms with van der Waals surface area (Å²) in [4.78, 5) is 68.1. The molecule has 0 saturated carbocycles. The van der Waals surface area contributed by atoms with Gasteiger partial charge in [-0.05, 0) is 101 Å². The summed E-state index contributed by atoms with van der Waals surface area (Å²) >= 11 is 6.41. The van der Waals surface area contributed by atoms with Gasteiger partial charge in [0.1, 0.15) is 24.7 Å². The van der Waals surface area contributed by atoms with Gasteiger partial charge in [-0.1, -0.05) is 413 Å². The highest BCUT2D eigenvalue weighted by Gasteiger charge is 2.46. The van der Waals surface area contributed by atoms with Crippen molar-refractivity contribution in [3.8, 4) is 11.1 Å². The lowest BCUT2D eigenvalue weighted by Crippen LogP contribution is -2.59. The molecule has 0 fully saturated rings. The molecule has 9 nitrogen and oxygen atoms in total. The van der Waals surface area contributed by atoms with E-state index >= 15 is 19.2 Å². The second-order valence-corrected chi connectivity index (χ2v) is 34.0. The van der Waals surface area contributed by atoms with E-state index in [1.54, 1.807) is 28.4 Å². The predicted molar refractivity (Wildman–Crippen MR) is 483 cm³/mol. The van der Waals surface area contributed by atoms with Gasteiger partial charge in [0.15, 0.2) is 0 Å². The van der Waals surface area contributed by atoms with Gasteiger partial charge in [-0.2, -0.15) is 0 Å². The van der Waals surface area contributed by atoms with Crippen molar-refractivity contribution in [3.05, 3.63) is 490 Å². The molecule has 117 heavy (non-hydrogen) atoms. The van der Waals surface area contributed by atoms with Gasteiger partial charge in [-0.3, -0.25) is 9.59 Å². The highest BCUT2D eigenvalue weighted by atomic mass is 32.2. The summed E-state index contributed by atoms with van der Waals surface area (Å²) in [5.41, 5.74) is 16.0. The highest BCUT2D eigenvalue weighted by Crippen LogP contribution is 2.54. The number of amides is 3. The first-order chi connectivity index (χ1) is 57.6. The van der Waals surface area contributed by atoms with E-state index in [0.29, 0.717) is 0 Å². The van der Waals surface area contributed by atoms with E-state index in [1.807, 2.05) is 170 Å². The number of carbonyl (C=O) groups excluding carboxylic acids is 4. The molecule has 0 spiro atoms. The average Bonchev–Trinajstić information content (AvgIpc) is 1.69. The molecule has 0 aliphatic heterocycles. The molecule has 2 N–H and O–H groups in total. The summed E-state index contributed by atoms with van der Waals surface area (Å²) in [7, 11) is 1.35. The van der Waals surface area contributed by atoms with Crippen molar-refractivity contribution in [1.29, 1.82) is 0 Å². The standard InChI is InChI=1S/C104H91N3O6S4/c1-112-99(110)95(76-117-104(86-60-32-11-33-61-86,87-62-34-12-35-63-87)88-64-36-13-37-65-88)105-97(108)96(70-72-114-101(77-42-14-2-15-43-77,78-44-16-3-17-45-78)79-46-18-4-19-47-79)107(71-73-115-102(80-48-20-5-21-49-80,81-50-22-6-23-51-81)82-52-24-7-25-53-82)98(109)94(106-100(111)113-74-93-91-68-40-38-66-89(91)90-67-39-41-69-92(90)93)75-116-103(83-54-26-8-27-55-83,84-56-28-9-29-57-84)85-58-30-10-31-59-85/h2-69,93-96H,70-76H2,1H3,(H,105,108)(H,106,111)/t94-,95-,96?/m0/s1. The Kier molecular flexibility index (Phi) is 26.3. The number of thioether (sulfide) groups is 4. The molecule has 3 amide bonds.